The molecule has 1 heterocycles. The smallest absolute Gasteiger partial charge is 0.0194 e. The predicted molar refractivity (Wildman–Crippen MR) is 76.5 cm³/mol. The van der Waals surface area contributed by atoms with Crippen LogP contribution < -0.4 is 5.32 Å². The molecule has 1 fully saturated rings. The fraction of sp³-hybridized carbons (Fsp3) is 1.00. The van der Waals surface area contributed by atoms with E-state index in [4.69, 9.17) is 0 Å². The molecule has 1 aliphatic heterocycles. The van der Waals surface area contributed by atoms with Crippen molar-refractivity contribution in [2.45, 2.75) is 77.8 Å². The van der Waals surface area contributed by atoms with Crippen LogP contribution in [0.2, 0.25) is 0 Å². The van der Waals surface area contributed by atoms with E-state index in [9.17, 15) is 0 Å². The van der Waals surface area contributed by atoms with E-state index in [2.05, 4.69) is 31.0 Å². The third kappa shape index (κ3) is 5.39. The fourth-order valence-corrected chi connectivity index (χ4v) is 3.12. The molecule has 0 aromatic rings. The van der Waals surface area contributed by atoms with Gasteiger partial charge in [0, 0.05) is 18.6 Å². The molecule has 2 unspecified atom stereocenters. The van der Waals surface area contributed by atoms with E-state index in [0.29, 0.717) is 6.04 Å². The topological polar surface area (TPSA) is 15.3 Å². The molecule has 0 spiro atoms. The van der Waals surface area contributed by atoms with Crippen LogP contribution in [-0.4, -0.2) is 36.6 Å². The highest BCUT2D eigenvalue weighted by Crippen LogP contribution is 2.19. The van der Waals surface area contributed by atoms with Crippen LogP contribution in [0.4, 0.5) is 0 Å². The highest BCUT2D eigenvalue weighted by molar-refractivity contribution is 4.79. The summed E-state index contributed by atoms with van der Waals surface area (Å²) in [5.41, 5.74) is 0. The van der Waals surface area contributed by atoms with Crippen molar-refractivity contribution in [3.05, 3.63) is 0 Å². The quantitative estimate of drug-likeness (QED) is 0.733. The Hall–Kier alpha value is -0.0800. The second-order valence-electron chi connectivity index (χ2n) is 5.45. The van der Waals surface area contributed by atoms with Gasteiger partial charge in [0.1, 0.15) is 0 Å². The van der Waals surface area contributed by atoms with E-state index in [1.165, 1.54) is 58.0 Å². The first-order chi connectivity index (χ1) is 8.31. The number of nitrogens with one attached hydrogen (secondary N) is 1. The minimum absolute atomic E-state index is 0.706. The molecule has 1 rings (SSSR count). The minimum Gasteiger partial charge on any atom is -0.313 e. The van der Waals surface area contributed by atoms with Gasteiger partial charge >= 0.3 is 0 Å². The highest BCUT2D eigenvalue weighted by atomic mass is 15.2. The Morgan fingerprint density at radius 3 is 2.65 bits per heavy atom. The van der Waals surface area contributed by atoms with Crippen molar-refractivity contribution in [1.82, 2.24) is 10.2 Å². The first-order valence-corrected chi connectivity index (χ1v) is 7.79. The van der Waals surface area contributed by atoms with Crippen LogP contribution >= 0.6 is 0 Å². The molecule has 17 heavy (non-hydrogen) atoms. The molecule has 2 atom stereocenters. The number of nitrogens with zero attached hydrogens (tertiary/aromatic N) is 1. The van der Waals surface area contributed by atoms with Crippen molar-refractivity contribution in [2.75, 3.05) is 19.6 Å². The SMILES string of the molecule is CCCC(CN1CCCCCC1CC)NCC. The lowest BCUT2D eigenvalue weighted by atomic mass is 10.1. The van der Waals surface area contributed by atoms with Gasteiger partial charge in [-0.15, -0.1) is 0 Å². The van der Waals surface area contributed by atoms with Crippen molar-refractivity contribution in [3.63, 3.8) is 0 Å². The molecule has 0 saturated carbocycles. The van der Waals surface area contributed by atoms with Crippen LogP contribution in [0.5, 0.6) is 0 Å². The maximum absolute atomic E-state index is 3.65. The summed E-state index contributed by atoms with van der Waals surface area (Å²) < 4.78 is 0. The molecule has 0 radical (unpaired) electrons. The molecule has 0 aliphatic carbocycles. The third-order valence-corrected chi connectivity index (χ3v) is 4.06. The molecular formula is C15H32N2. The Bertz CT molecular complexity index is 176. The largest absolute Gasteiger partial charge is 0.313 e. The normalized spacial score (nSPS) is 24.5. The molecule has 2 heteroatoms. The van der Waals surface area contributed by atoms with E-state index in [0.717, 1.165) is 12.6 Å². The Balaban J connectivity index is 2.47. The average Bonchev–Trinajstić information content (AvgIpc) is 2.55. The average molecular weight is 240 g/mol. The molecule has 0 aromatic heterocycles. The van der Waals surface area contributed by atoms with Crippen LogP contribution in [0.25, 0.3) is 0 Å². The Kier molecular flexibility index (Phi) is 7.87. The first kappa shape index (κ1) is 15.0. The zero-order valence-electron chi connectivity index (χ0n) is 12.2. The van der Waals surface area contributed by atoms with Crippen LogP contribution in [0.1, 0.15) is 65.7 Å². The van der Waals surface area contributed by atoms with Gasteiger partial charge in [-0.3, -0.25) is 4.90 Å². The fourth-order valence-electron chi connectivity index (χ4n) is 3.12. The molecule has 1 saturated heterocycles. The van der Waals surface area contributed by atoms with Crippen LogP contribution in [0.3, 0.4) is 0 Å². The lowest BCUT2D eigenvalue weighted by Crippen LogP contribution is -2.45. The molecule has 0 aromatic carbocycles. The van der Waals surface area contributed by atoms with E-state index >= 15 is 0 Å². The minimum atomic E-state index is 0.706. The van der Waals surface area contributed by atoms with E-state index in [1.807, 2.05) is 0 Å². The van der Waals surface area contributed by atoms with Gasteiger partial charge < -0.3 is 5.32 Å². The van der Waals surface area contributed by atoms with Gasteiger partial charge in [-0.2, -0.15) is 0 Å². The summed E-state index contributed by atoms with van der Waals surface area (Å²) in [6.07, 6.45) is 9.64. The Morgan fingerprint density at radius 2 is 2.00 bits per heavy atom. The van der Waals surface area contributed by atoms with Crippen molar-refractivity contribution in [3.8, 4) is 0 Å². The summed E-state index contributed by atoms with van der Waals surface area (Å²) in [4.78, 5) is 2.76. The van der Waals surface area contributed by atoms with E-state index < -0.39 is 0 Å². The Labute approximate surface area is 108 Å². The van der Waals surface area contributed by atoms with Crippen molar-refractivity contribution >= 4 is 0 Å². The third-order valence-electron chi connectivity index (χ3n) is 4.06. The number of hydrogen-bond donors (Lipinski definition) is 1. The molecule has 1 aliphatic rings. The van der Waals surface area contributed by atoms with Gasteiger partial charge in [0.15, 0.2) is 0 Å². The molecule has 0 bridgehead atoms. The van der Waals surface area contributed by atoms with Gasteiger partial charge in [0.25, 0.3) is 0 Å². The number of likely N-dealkylation sites (tertiary alicyclic amines) is 1. The number of hydrogen-bond acceptors (Lipinski definition) is 2. The van der Waals surface area contributed by atoms with Crippen molar-refractivity contribution in [1.29, 1.82) is 0 Å². The summed E-state index contributed by atoms with van der Waals surface area (Å²) in [7, 11) is 0. The van der Waals surface area contributed by atoms with Gasteiger partial charge in [-0.1, -0.05) is 40.0 Å². The number of likely N-dealkylation sites (N-methyl/N-ethyl adjacent to an activating group) is 1. The maximum atomic E-state index is 3.65. The zero-order valence-corrected chi connectivity index (χ0v) is 12.2. The monoisotopic (exact) mass is 240 g/mol. The summed E-state index contributed by atoms with van der Waals surface area (Å²) >= 11 is 0. The summed E-state index contributed by atoms with van der Waals surface area (Å²) in [6, 6.07) is 1.55. The molecular weight excluding hydrogens is 208 g/mol. The predicted octanol–water partition coefficient (Wildman–Crippen LogP) is 3.42. The molecule has 102 valence electrons. The van der Waals surface area contributed by atoms with Crippen molar-refractivity contribution < 1.29 is 0 Å². The van der Waals surface area contributed by atoms with Crippen LogP contribution in [-0.2, 0) is 0 Å². The lowest BCUT2D eigenvalue weighted by molar-refractivity contribution is 0.171. The number of rotatable bonds is 7. The van der Waals surface area contributed by atoms with Gasteiger partial charge in [0.05, 0.1) is 0 Å². The van der Waals surface area contributed by atoms with Crippen LogP contribution in [0.15, 0.2) is 0 Å². The van der Waals surface area contributed by atoms with E-state index in [-0.39, 0.29) is 0 Å². The molecule has 1 N–H and O–H groups in total. The van der Waals surface area contributed by atoms with Crippen molar-refractivity contribution in [2.24, 2.45) is 0 Å². The summed E-state index contributed by atoms with van der Waals surface area (Å²) in [6.45, 7) is 10.6. The summed E-state index contributed by atoms with van der Waals surface area (Å²) in [5, 5.41) is 3.65. The molecule has 2 nitrogen and oxygen atoms in total. The molecule has 0 amide bonds. The van der Waals surface area contributed by atoms with Gasteiger partial charge in [-0.05, 0) is 38.8 Å². The zero-order chi connectivity index (χ0) is 12.5. The Morgan fingerprint density at radius 1 is 1.18 bits per heavy atom. The maximum Gasteiger partial charge on any atom is 0.0194 e. The first-order valence-electron chi connectivity index (χ1n) is 7.79. The standard InChI is InChI=1S/C15H32N2/c1-4-10-14(16-6-3)13-17-12-9-7-8-11-15(17)5-2/h14-16H,4-13H2,1-3H3. The van der Waals surface area contributed by atoms with E-state index in [1.54, 1.807) is 0 Å². The highest BCUT2D eigenvalue weighted by Gasteiger charge is 2.21. The van der Waals surface area contributed by atoms with Crippen LogP contribution in [0, 0.1) is 0 Å². The summed E-state index contributed by atoms with van der Waals surface area (Å²) in [5.74, 6) is 0. The van der Waals surface area contributed by atoms with Gasteiger partial charge in [-0.25, -0.2) is 0 Å². The second-order valence-corrected chi connectivity index (χ2v) is 5.45. The lowest BCUT2D eigenvalue weighted by Gasteiger charge is -2.33. The second kappa shape index (κ2) is 8.93. The van der Waals surface area contributed by atoms with Gasteiger partial charge in [0.2, 0.25) is 0 Å².